The van der Waals surface area contributed by atoms with Crippen LogP contribution in [0.3, 0.4) is 0 Å². The molecule has 2 aliphatic rings. The number of hydrogen-bond donors (Lipinski definition) is 1. The van der Waals surface area contributed by atoms with E-state index in [1.165, 1.54) is 17.5 Å². The number of carbonyl (C=O) groups is 1. The highest BCUT2D eigenvalue weighted by Crippen LogP contribution is 2.39. The van der Waals surface area contributed by atoms with E-state index >= 15 is 0 Å². The van der Waals surface area contributed by atoms with Gasteiger partial charge in [0, 0.05) is 11.1 Å². The van der Waals surface area contributed by atoms with Gasteiger partial charge in [0.2, 0.25) is 0 Å². The molecule has 104 valence electrons. The van der Waals surface area contributed by atoms with Gasteiger partial charge in [-0.05, 0) is 42.4 Å². The number of carbonyl (C=O) groups excluding carboxylic acids is 1. The summed E-state index contributed by atoms with van der Waals surface area (Å²) in [6, 6.07) is 13.4. The van der Waals surface area contributed by atoms with E-state index in [4.69, 9.17) is 0 Å². The monoisotopic (exact) mass is 276 g/mol. The molecule has 2 nitrogen and oxygen atoms in total. The minimum absolute atomic E-state index is 0.0536. The average Bonchev–Trinajstić information content (AvgIpc) is 2.79. The maximum Gasteiger partial charge on any atom is 0.198 e. The fourth-order valence-corrected chi connectivity index (χ4v) is 3.53. The second-order valence-electron chi connectivity index (χ2n) is 5.75. The molecule has 0 aliphatic heterocycles. The van der Waals surface area contributed by atoms with E-state index in [1.807, 2.05) is 30.3 Å². The normalized spacial score (nSPS) is 16.9. The van der Waals surface area contributed by atoms with Gasteiger partial charge in [-0.15, -0.1) is 0 Å². The predicted octanol–water partition coefficient (Wildman–Crippen LogP) is 4.19. The minimum Gasteiger partial charge on any atom is -0.507 e. The topological polar surface area (TPSA) is 37.3 Å². The number of rotatable bonds is 1. The summed E-state index contributed by atoms with van der Waals surface area (Å²) >= 11 is 0. The number of allylic oxidation sites excluding steroid dienone is 1. The molecule has 0 fully saturated rings. The Hall–Kier alpha value is -2.35. The summed E-state index contributed by atoms with van der Waals surface area (Å²) in [6.45, 7) is 0. The summed E-state index contributed by atoms with van der Waals surface area (Å²) in [7, 11) is 0. The van der Waals surface area contributed by atoms with Crippen LogP contribution in [0.25, 0.3) is 11.3 Å². The molecular formula is C19H16O2. The molecule has 0 amide bonds. The zero-order chi connectivity index (χ0) is 14.4. The molecule has 2 aromatic carbocycles. The first-order chi connectivity index (χ1) is 10.3. The van der Waals surface area contributed by atoms with E-state index in [0.717, 1.165) is 24.8 Å². The Kier molecular flexibility index (Phi) is 2.71. The van der Waals surface area contributed by atoms with Crippen LogP contribution < -0.4 is 0 Å². The highest BCUT2D eigenvalue weighted by Gasteiger charge is 2.32. The molecule has 0 unspecified atom stereocenters. The molecule has 0 aromatic heterocycles. The third kappa shape index (κ3) is 1.75. The van der Waals surface area contributed by atoms with Crippen molar-refractivity contribution in [2.24, 2.45) is 0 Å². The number of hydrogen-bond acceptors (Lipinski definition) is 2. The van der Waals surface area contributed by atoms with Gasteiger partial charge in [-0.25, -0.2) is 0 Å². The number of ketones is 1. The quantitative estimate of drug-likeness (QED) is 0.848. The van der Waals surface area contributed by atoms with Crippen molar-refractivity contribution in [1.29, 1.82) is 0 Å². The molecule has 21 heavy (non-hydrogen) atoms. The first kappa shape index (κ1) is 12.4. The summed E-state index contributed by atoms with van der Waals surface area (Å²) in [5.41, 5.74) is 5.24. The van der Waals surface area contributed by atoms with E-state index < -0.39 is 0 Å². The van der Waals surface area contributed by atoms with Crippen molar-refractivity contribution in [2.75, 3.05) is 0 Å². The lowest BCUT2D eigenvalue weighted by Crippen LogP contribution is -2.08. The predicted molar refractivity (Wildman–Crippen MR) is 83.3 cm³/mol. The van der Waals surface area contributed by atoms with Crippen LogP contribution in [0.2, 0.25) is 0 Å². The van der Waals surface area contributed by atoms with Crippen LogP contribution in [0.4, 0.5) is 0 Å². The molecule has 0 heterocycles. The zero-order valence-corrected chi connectivity index (χ0v) is 11.7. The smallest absolute Gasteiger partial charge is 0.198 e. The van der Waals surface area contributed by atoms with Gasteiger partial charge < -0.3 is 5.11 Å². The van der Waals surface area contributed by atoms with Gasteiger partial charge in [0.1, 0.15) is 5.76 Å². The number of benzene rings is 2. The summed E-state index contributed by atoms with van der Waals surface area (Å²) in [4.78, 5) is 12.7. The Labute approximate surface area is 123 Å². The second kappa shape index (κ2) is 4.59. The molecular weight excluding hydrogens is 260 g/mol. The lowest BCUT2D eigenvalue weighted by atomic mass is 9.85. The highest BCUT2D eigenvalue weighted by atomic mass is 16.3. The van der Waals surface area contributed by atoms with E-state index in [9.17, 15) is 9.90 Å². The molecule has 1 N–H and O–H groups in total. The standard InChI is InChI=1S/C19H16O2/c20-18-15-9-3-4-10-16(15)19(21)17(18)14-11-5-7-12-6-1-2-8-13(12)14/h3-5,7,9-11,20H,1-2,6,8H2. The van der Waals surface area contributed by atoms with Gasteiger partial charge in [0.25, 0.3) is 0 Å². The van der Waals surface area contributed by atoms with Crippen molar-refractivity contribution < 1.29 is 9.90 Å². The summed E-state index contributed by atoms with van der Waals surface area (Å²) < 4.78 is 0. The van der Waals surface area contributed by atoms with Crippen LogP contribution in [0.5, 0.6) is 0 Å². The molecule has 0 saturated carbocycles. The second-order valence-corrected chi connectivity index (χ2v) is 5.75. The number of fused-ring (bicyclic) bond motifs is 2. The number of aryl methyl sites for hydroxylation is 1. The SMILES string of the molecule is O=C1C(c2cccc3c2CCCC3)=C(O)c2ccccc21. The van der Waals surface area contributed by atoms with Crippen LogP contribution in [0, 0.1) is 0 Å². The number of aliphatic hydroxyl groups excluding tert-OH is 1. The van der Waals surface area contributed by atoms with Crippen molar-refractivity contribution in [3.8, 4) is 0 Å². The Balaban J connectivity index is 1.93. The van der Waals surface area contributed by atoms with Crippen LogP contribution in [-0.2, 0) is 12.8 Å². The molecule has 2 aromatic rings. The fourth-order valence-electron chi connectivity index (χ4n) is 3.53. The summed E-state index contributed by atoms with van der Waals surface area (Å²) in [5.74, 6) is 0.0802. The minimum atomic E-state index is -0.0536. The lowest BCUT2D eigenvalue weighted by Gasteiger charge is -2.19. The van der Waals surface area contributed by atoms with Gasteiger partial charge in [0.15, 0.2) is 5.78 Å². The average molecular weight is 276 g/mol. The van der Waals surface area contributed by atoms with E-state index in [2.05, 4.69) is 6.07 Å². The van der Waals surface area contributed by atoms with Crippen LogP contribution in [0.1, 0.15) is 45.5 Å². The Bertz CT molecular complexity index is 784. The van der Waals surface area contributed by atoms with Crippen molar-refractivity contribution in [2.45, 2.75) is 25.7 Å². The molecule has 2 aliphatic carbocycles. The Morgan fingerprint density at radius 3 is 2.33 bits per heavy atom. The summed E-state index contributed by atoms with van der Waals surface area (Å²) in [6.07, 6.45) is 4.42. The van der Waals surface area contributed by atoms with Crippen molar-refractivity contribution in [3.63, 3.8) is 0 Å². The maximum absolute atomic E-state index is 12.7. The van der Waals surface area contributed by atoms with Gasteiger partial charge in [0.05, 0.1) is 5.57 Å². The third-order valence-corrected chi connectivity index (χ3v) is 4.56. The molecule has 0 saturated heterocycles. The third-order valence-electron chi connectivity index (χ3n) is 4.56. The first-order valence-corrected chi connectivity index (χ1v) is 7.46. The largest absolute Gasteiger partial charge is 0.507 e. The molecule has 2 heteroatoms. The number of aliphatic hydroxyl groups is 1. The van der Waals surface area contributed by atoms with Crippen LogP contribution in [0.15, 0.2) is 42.5 Å². The zero-order valence-electron chi connectivity index (χ0n) is 11.7. The van der Waals surface area contributed by atoms with Crippen molar-refractivity contribution in [3.05, 3.63) is 70.3 Å². The molecule has 0 atom stereocenters. The van der Waals surface area contributed by atoms with Crippen LogP contribution in [-0.4, -0.2) is 10.9 Å². The molecule has 0 radical (unpaired) electrons. The van der Waals surface area contributed by atoms with Gasteiger partial charge >= 0.3 is 0 Å². The van der Waals surface area contributed by atoms with E-state index in [1.54, 1.807) is 6.07 Å². The molecule has 4 rings (SSSR count). The van der Waals surface area contributed by atoms with E-state index in [-0.39, 0.29) is 11.5 Å². The van der Waals surface area contributed by atoms with Gasteiger partial charge in [-0.1, -0.05) is 42.5 Å². The number of Topliss-reactive ketones (excluding diaryl/α,β-unsaturated/α-hetero) is 1. The van der Waals surface area contributed by atoms with E-state index in [0.29, 0.717) is 16.7 Å². The van der Waals surface area contributed by atoms with Crippen LogP contribution >= 0.6 is 0 Å². The van der Waals surface area contributed by atoms with Gasteiger partial charge in [-0.2, -0.15) is 0 Å². The fraction of sp³-hybridized carbons (Fsp3) is 0.211. The Morgan fingerprint density at radius 1 is 0.810 bits per heavy atom. The van der Waals surface area contributed by atoms with Crippen molar-refractivity contribution in [1.82, 2.24) is 0 Å². The highest BCUT2D eigenvalue weighted by molar-refractivity contribution is 6.39. The summed E-state index contributed by atoms with van der Waals surface area (Å²) in [5, 5.41) is 10.5. The maximum atomic E-state index is 12.7. The Morgan fingerprint density at radius 2 is 1.52 bits per heavy atom. The molecule has 0 spiro atoms. The lowest BCUT2D eigenvalue weighted by molar-refractivity contribution is 0.105. The molecule has 0 bridgehead atoms. The van der Waals surface area contributed by atoms with Crippen molar-refractivity contribution >= 4 is 17.1 Å². The first-order valence-electron chi connectivity index (χ1n) is 7.46. The van der Waals surface area contributed by atoms with Gasteiger partial charge in [-0.3, -0.25) is 4.79 Å².